The standard InChI is InChI=1S/C17H30N2O/c1-4-20-17-12-15(18)11-16(13-17)19-10-8-6-5-7-9-14(2)3/h11-14,19H,4-10,18H2,1-3H3. The van der Waals surface area contributed by atoms with Gasteiger partial charge in [-0.25, -0.2) is 0 Å². The minimum Gasteiger partial charge on any atom is -0.494 e. The van der Waals surface area contributed by atoms with Gasteiger partial charge in [0.15, 0.2) is 0 Å². The summed E-state index contributed by atoms with van der Waals surface area (Å²) in [6.07, 6.45) is 6.53. The lowest BCUT2D eigenvalue weighted by atomic mass is 10.0. The average Bonchev–Trinajstić information content (AvgIpc) is 2.37. The number of nitrogens with one attached hydrogen (secondary N) is 1. The van der Waals surface area contributed by atoms with Crippen molar-refractivity contribution in [1.82, 2.24) is 0 Å². The van der Waals surface area contributed by atoms with Crippen LogP contribution in [-0.4, -0.2) is 13.2 Å². The summed E-state index contributed by atoms with van der Waals surface area (Å²) in [4.78, 5) is 0. The second kappa shape index (κ2) is 9.51. The second-order valence-electron chi connectivity index (χ2n) is 5.75. The molecule has 1 aromatic carbocycles. The maximum atomic E-state index is 5.87. The fourth-order valence-electron chi connectivity index (χ4n) is 2.24. The molecule has 0 saturated heterocycles. The highest BCUT2D eigenvalue weighted by Crippen LogP contribution is 2.22. The summed E-state index contributed by atoms with van der Waals surface area (Å²) in [6, 6.07) is 5.83. The van der Waals surface area contributed by atoms with E-state index >= 15 is 0 Å². The molecule has 0 radical (unpaired) electrons. The van der Waals surface area contributed by atoms with Gasteiger partial charge in [0.2, 0.25) is 0 Å². The van der Waals surface area contributed by atoms with Gasteiger partial charge in [-0.3, -0.25) is 0 Å². The zero-order chi connectivity index (χ0) is 14.8. The normalized spacial score (nSPS) is 10.8. The molecule has 0 amide bonds. The van der Waals surface area contributed by atoms with Gasteiger partial charge in [-0.05, 0) is 25.3 Å². The van der Waals surface area contributed by atoms with Crippen LogP contribution in [0, 0.1) is 5.92 Å². The highest BCUT2D eigenvalue weighted by atomic mass is 16.5. The van der Waals surface area contributed by atoms with Crippen molar-refractivity contribution in [2.45, 2.75) is 52.9 Å². The molecule has 0 aliphatic rings. The van der Waals surface area contributed by atoms with Crippen LogP contribution in [0.5, 0.6) is 5.75 Å². The highest BCUT2D eigenvalue weighted by molar-refractivity contribution is 5.59. The summed E-state index contributed by atoms with van der Waals surface area (Å²) in [5.74, 6) is 1.67. The Morgan fingerprint density at radius 2 is 1.85 bits per heavy atom. The van der Waals surface area contributed by atoms with E-state index < -0.39 is 0 Å². The molecule has 114 valence electrons. The lowest BCUT2D eigenvalue weighted by Gasteiger charge is -2.10. The fraction of sp³-hybridized carbons (Fsp3) is 0.647. The van der Waals surface area contributed by atoms with Crippen LogP contribution in [0.15, 0.2) is 18.2 Å². The van der Waals surface area contributed by atoms with Crippen LogP contribution in [0.3, 0.4) is 0 Å². The van der Waals surface area contributed by atoms with Gasteiger partial charge in [-0.15, -0.1) is 0 Å². The molecule has 0 spiro atoms. The molecule has 3 nitrogen and oxygen atoms in total. The van der Waals surface area contributed by atoms with Gasteiger partial charge < -0.3 is 15.8 Å². The van der Waals surface area contributed by atoms with Crippen molar-refractivity contribution in [2.75, 3.05) is 24.2 Å². The monoisotopic (exact) mass is 278 g/mol. The number of anilines is 2. The minimum absolute atomic E-state index is 0.665. The van der Waals surface area contributed by atoms with Crippen molar-refractivity contribution in [3.63, 3.8) is 0 Å². The molecule has 1 aromatic rings. The van der Waals surface area contributed by atoms with Gasteiger partial charge in [0, 0.05) is 30.1 Å². The summed E-state index contributed by atoms with van der Waals surface area (Å²) >= 11 is 0. The number of rotatable bonds is 10. The van der Waals surface area contributed by atoms with Crippen LogP contribution in [0.1, 0.15) is 52.9 Å². The Labute approximate surface area is 123 Å². The summed E-state index contributed by atoms with van der Waals surface area (Å²) in [7, 11) is 0. The van der Waals surface area contributed by atoms with Crippen LogP contribution >= 0.6 is 0 Å². The van der Waals surface area contributed by atoms with E-state index in [2.05, 4.69) is 19.2 Å². The summed E-state index contributed by atoms with van der Waals surface area (Å²) in [6.45, 7) is 8.22. The van der Waals surface area contributed by atoms with Crippen LogP contribution < -0.4 is 15.8 Å². The largest absolute Gasteiger partial charge is 0.494 e. The summed E-state index contributed by atoms with van der Waals surface area (Å²) in [5, 5.41) is 3.42. The maximum Gasteiger partial charge on any atom is 0.123 e. The first-order valence-electron chi connectivity index (χ1n) is 7.89. The van der Waals surface area contributed by atoms with E-state index in [9.17, 15) is 0 Å². The van der Waals surface area contributed by atoms with Crippen molar-refractivity contribution < 1.29 is 4.74 Å². The summed E-state index contributed by atoms with van der Waals surface area (Å²) in [5.41, 5.74) is 7.67. The van der Waals surface area contributed by atoms with Gasteiger partial charge in [-0.1, -0.05) is 39.5 Å². The molecular weight excluding hydrogens is 248 g/mol. The molecular formula is C17H30N2O. The average molecular weight is 278 g/mol. The van der Waals surface area contributed by atoms with Crippen molar-refractivity contribution in [3.05, 3.63) is 18.2 Å². The van der Waals surface area contributed by atoms with E-state index in [0.29, 0.717) is 6.61 Å². The molecule has 0 unspecified atom stereocenters. The Bertz CT molecular complexity index is 377. The zero-order valence-corrected chi connectivity index (χ0v) is 13.2. The molecule has 1 rings (SSSR count). The summed E-state index contributed by atoms with van der Waals surface area (Å²) < 4.78 is 5.49. The van der Waals surface area contributed by atoms with Crippen LogP contribution in [0.4, 0.5) is 11.4 Å². The number of unbranched alkanes of at least 4 members (excludes halogenated alkanes) is 3. The minimum atomic E-state index is 0.665. The predicted molar refractivity (Wildman–Crippen MR) is 88.4 cm³/mol. The Balaban J connectivity index is 2.21. The number of hydrogen-bond donors (Lipinski definition) is 2. The molecule has 3 N–H and O–H groups in total. The Morgan fingerprint density at radius 3 is 2.55 bits per heavy atom. The van der Waals surface area contributed by atoms with E-state index in [1.54, 1.807) is 0 Å². The number of ether oxygens (including phenoxy) is 1. The molecule has 0 aliphatic carbocycles. The number of benzene rings is 1. The molecule has 3 heteroatoms. The Hall–Kier alpha value is -1.38. The van der Waals surface area contributed by atoms with Crippen molar-refractivity contribution in [2.24, 2.45) is 5.92 Å². The lowest BCUT2D eigenvalue weighted by Crippen LogP contribution is -2.03. The van der Waals surface area contributed by atoms with E-state index in [-0.39, 0.29) is 0 Å². The highest BCUT2D eigenvalue weighted by Gasteiger charge is 2.00. The van der Waals surface area contributed by atoms with E-state index in [1.807, 2.05) is 25.1 Å². The molecule has 0 fully saturated rings. The van der Waals surface area contributed by atoms with E-state index in [4.69, 9.17) is 10.5 Å². The number of nitrogens with two attached hydrogens (primary N) is 1. The SMILES string of the molecule is CCOc1cc(N)cc(NCCCCCCC(C)C)c1. The molecule has 20 heavy (non-hydrogen) atoms. The second-order valence-corrected chi connectivity index (χ2v) is 5.75. The number of hydrogen-bond acceptors (Lipinski definition) is 3. The lowest BCUT2D eigenvalue weighted by molar-refractivity contribution is 0.340. The first kappa shape index (κ1) is 16.7. The van der Waals surface area contributed by atoms with Gasteiger partial charge in [-0.2, -0.15) is 0 Å². The van der Waals surface area contributed by atoms with Gasteiger partial charge in [0.1, 0.15) is 5.75 Å². The van der Waals surface area contributed by atoms with Crippen LogP contribution in [-0.2, 0) is 0 Å². The zero-order valence-electron chi connectivity index (χ0n) is 13.2. The van der Waals surface area contributed by atoms with Crippen molar-refractivity contribution in [1.29, 1.82) is 0 Å². The van der Waals surface area contributed by atoms with Gasteiger partial charge in [0.25, 0.3) is 0 Å². The first-order valence-corrected chi connectivity index (χ1v) is 7.89. The van der Waals surface area contributed by atoms with Crippen LogP contribution in [0.2, 0.25) is 0 Å². The third-order valence-electron chi connectivity index (χ3n) is 3.28. The van der Waals surface area contributed by atoms with E-state index in [1.165, 1.54) is 32.1 Å². The smallest absolute Gasteiger partial charge is 0.123 e. The first-order chi connectivity index (χ1) is 9.61. The molecule has 0 saturated carbocycles. The number of nitrogen functional groups attached to an aromatic ring is 1. The van der Waals surface area contributed by atoms with E-state index in [0.717, 1.165) is 29.6 Å². The molecule has 0 heterocycles. The molecule has 0 aliphatic heterocycles. The quantitative estimate of drug-likeness (QED) is 0.482. The third kappa shape index (κ3) is 7.27. The fourth-order valence-corrected chi connectivity index (χ4v) is 2.24. The Kier molecular flexibility index (Phi) is 7.93. The van der Waals surface area contributed by atoms with Gasteiger partial charge >= 0.3 is 0 Å². The topological polar surface area (TPSA) is 47.3 Å². The maximum absolute atomic E-state index is 5.87. The predicted octanol–water partition coefficient (Wildman–Crippen LogP) is 4.69. The molecule has 0 atom stereocenters. The third-order valence-corrected chi connectivity index (χ3v) is 3.28. The van der Waals surface area contributed by atoms with Crippen molar-refractivity contribution >= 4 is 11.4 Å². The van der Waals surface area contributed by atoms with Crippen LogP contribution in [0.25, 0.3) is 0 Å². The molecule has 0 aromatic heterocycles. The molecule has 0 bridgehead atoms. The van der Waals surface area contributed by atoms with Gasteiger partial charge in [0.05, 0.1) is 6.61 Å². The van der Waals surface area contributed by atoms with Crippen molar-refractivity contribution in [3.8, 4) is 5.75 Å². The Morgan fingerprint density at radius 1 is 1.10 bits per heavy atom.